The molecule has 0 saturated carbocycles. The van der Waals surface area contributed by atoms with E-state index in [1.54, 1.807) is 38.1 Å². The predicted octanol–water partition coefficient (Wildman–Crippen LogP) is 1.84. The zero-order chi connectivity index (χ0) is 15.6. The Bertz CT molecular complexity index is 537. The van der Waals surface area contributed by atoms with Crippen molar-refractivity contribution < 1.29 is 14.7 Å². The van der Waals surface area contributed by atoms with Gasteiger partial charge < -0.3 is 15.7 Å². The van der Waals surface area contributed by atoms with Crippen LogP contribution in [-0.2, 0) is 15.0 Å². The fourth-order valence-electron chi connectivity index (χ4n) is 2.49. The van der Waals surface area contributed by atoms with Crippen molar-refractivity contribution in [2.75, 3.05) is 18.4 Å². The smallest absolute Gasteiger partial charge is 0.313 e. The van der Waals surface area contributed by atoms with Crippen molar-refractivity contribution in [3.05, 3.63) is 29.8 Å². The Balaban J connectivity index is 2.06. The molecule has 1 aliphatic rings. The first kappa shape index (κ1) is 15.5. The molecule has 1 aromatic carbocycles. The van der Waals surface area contributed by atoms with Crippen LogP contribution in [0.3, 0.4) is 0 Å². The van der Waals surface area contributed by atoms with Crippen molar-refractivity contribution in [2.24, 2.45) is 11.8 Å². The molecule has 114 valence electrons. The number of carboxylic acids is 1. The Labute approximate surface area is 124 Å². The van der Waals surface area contributed by atoms with E-state index < -0.39 is 11.4 Å². The van der Waals surface area contributed by atoms with E-state index in [-0.39, 0.29) is 11.8 Å². The second-order valence-electron chi connectivity index (χ2n) is 6.24. The summed E-state index contributed by atoms with van der Waals surface area (Å²) in [7, 11) is 0. The molecule has 0 aliphatic carbocycles. The van der Waals surface area contributed by atoms with Gasteiger partial charge in [-0.25, -0.2) is 0 Å². The third kappa shape index (κ3) is 3.24. The van der Waals surface area contributed by atoms with E-state index in [0.29, 0.717) is 23.7 Å². The second-order valence-corrected chi connectivity index (χ2v) is 6.24. The van der Waals surface area contributed by atoms with Crippen molar-refractivity contribution in [2.45, 2.75) is 26.2 Å². The van der Waals surface area contributed by atoms with E-state index in [4.69, 9.17) is 0 Å². The van der Waals surface area contributed by atoms with Crippen LogP contribution in [0.25, 0.3) is 0 Å². The number of carboxylic acid groups (broad SMARTS) is 1. The summed E-state index contributed by atoms with van der Waals surface area (Å²) >= 11 is 0. The molecule has 0 unspecified atom stereocenters. The predicted molar refractivity (Wildman–Crippen MR) is 81.3 cm³/mol. The number of carbonyl (C=O) groups is 2. The van der Waals surface area contributed by atoms with E-state index in [0.717, 1.165) is 6.54 Å². The van der Waals surface area contributed by atoms with Gasteiger partial charge in [0, 0.05) is 12.2 Å². The number of aliphatic carboxylic acids is 1. The Morgan fingerprint density at radius 2 is 1.86 bits per heavy atom. The maximum atomic E-state index is 12.2. The first-order valence-corrected chi connectivity index (χ1v) is 7.18. The summed E-state index contributed by atoms with van der Waals surface area (Å²) in [5.74, 6) is -0.543. The van der Waals surface area contributed by atoms with Crippen LogP contribution in [0.15, 0.2) is 24.3 Å². The molecule has 1 aromatic rings. The van der Waals surface area contributed by atoms with Crippen LogP contribution in [0, 0.1) is 11.8 Å². The lowest BCUT2D eigenvalue weighted by atomic mass is 9.85. The summed E-state index contributed by atoms with van der Waals surface area (Å²) < 4.78 is 0. The molecule has 1 saturated heterocycles. The maximum Gasteiger partial charge on any atom is 0.313 e. The van der Waals surface area contributed by atoms with Crippen LogP contribution in [0.1, 0.15) is 26.3 Å². The van der Waals surface area contributed by atoms with Gasteiger partial charge in [-0.05, 0) is 44.0 Å². The molecule has 2 atom stereocenters. The summed E-state index contributed by atoms with van der Waals surface area (Å²) in [4.78, 5) is 23.4. The molecule has 21 heavy (non-hydrogen) atoms. The second kappa shape index (κ2) is 5.85. The normalized spacial score (nSPS) is 22.0. The zero-order valence-corrected chi connectivity index (χ0v) is 12.6. The van der Waals surface area contributed by atoms with Crippen LogP contribution in [-0.4, -0.2) is 30.1 Å². The molecule has 0 aromatic heterocycles. The Kier molecular flexibility index (Phi) is 4.32. The first-order valence-electron chi connectivity index (χ1n) is 7.18. The van der Waals surface area contributed by atoms with Gasteiger partial charge in [0.2, 0.25) is 5.91 Å². The number of hydrogen-bond acceptors (Lipinski definition) is 3. The SMILES string of the molecule is C[C@@H]1CNC[C@H]1C(=O)Nc1ccc(C(C)(C)C(=O)O)cc1. The van der Waals surface area contributed by atoms with Crippen LogP contribution < -0.4 is 10.6 Å². The monoisotopic (exact) mass is 290 g/mol. The van der Waals surface area contributed by atoms with Crippen LogP contribution in [0.5, 0.6) is 0 Å². The molecule has 5 heteroatoms. The largest absolute Gasteiger partial charge is 0.481 e. The van der Waals surface area contributed by atoms with Crippen molar-refractivity contribution in [3.8, 4) is 0 Å². The molecule has 1 aliphatic heterocycles. The fourth-order valence-corrected chi connectivity index (χ4v) is 2.49. The number of benzene rings is 1. The number of rotatable bonds is 4. The van der Waals surface area contributed by atoms with Gasteiger partial charge in [-0.1, -0.05) is 19.1 Å². The highest BCUT2D eigenvalue weighted by molar-refractivity contribution is 5.93. The fraction of sp³-hybridized carbons (Fsp3) is 0.500. The average molecular weight is 290 g/mol. The van der Waals surface area contributed by atoms with Crippen LogP contribution in [0.2, 0.25) is 0 Å². The molecule has 0 spiro atoms. The molecule has 1 fully saturated rings. The summed E-state index contributed by atoms with van der Waals surface area (Å²) in [6.45, 7) is 6.95. The molecule has 2 rings (SSSR count). The van der Waals surface area contributed by atoms with E-state index in [2.05, 4.69) is 17.6 Å². The van der Waals surface area contributed by atoms with Crippen molar-refractivity contribution in [3.63, 3.8) is 0 Å². The number of nitrogens with one attached hydrogen (secondary N) is 2. The maximum absolute atomic E-state index is 12.2. The lowest BCUT2D eigenvalue weighted by Crippen LogP contribution is -2.29. The van der Waals surface area contributed by atoms with Crippen molar-refractivity contribution in [1.29, 1.82) is 0 Å². The van der Waals surface area contributed by atoms with Gasteiger partial charge in [-0.2, -0.15) is 0 Å². The first-order chi connectivity index (χ1) is 9.82. The molecule has 3 N–H and O–H groups in total. The van der Waals surface area contributed by atoms with Gasteiger partial charge in [0.15, 0.2) is 0 Å². The number of amides is 1. The highest BCUT2D eigenvalue weighted by Gasteiger charge is 2.30. The Morgan fingerprint density at radius 3 is 2.33 bits per heavy atom. The molecular weight excluding hydrogens is 268 g/mol. The minimum absolute atomic E-state index is 0.0118. The molecular formula is C16H22N2O3. The molecule has 1 amide bonds. The molecule has 0 bridgehead atoms. The quantitative estimate of drug-likeness (QED) is 0.790. The number of hydrogen-bond donors (Lipinski definition) is 3. The van der Waals surface area contributed by atoms with Gasteiger partial charge in [0.1, 0.15) is 0 Å². The average Bonchev–Trinajstić information content (AvgIpc) is 2.85. The third-order valence-corrected chi connectivity index (χ3v) is 4.26. The topological polar surface area (TPSA) is 78.4 Å². The summed E-state index contributed by atoms with van der Waals surface area (Å²) in [5, 5.41) is 15.3. The number of anilines is 1. The van der Waals surface area contributed by atoms with E-state index in [1.807, 2.05) is 0 Å². The van der Waals surface area contributed by atoms with Crippen LogP contribution in [0.4, 0.5) is 5.69 Å². The van der Waals surface area contributed by atoms with Gasteiger partial charge in [-0.15, -0.1) is 0 Å². The minimum Gasteiger partial charge on any atom is -0.481 e. The van der Waals surface area contributed by atoms with Crippen molar-refractivity contribution >= 4 is 17.6 Å². The standard InChI is InChI=1S/C16H22N2O3/c1-10-8-17-9-13(10)14(19)18-12-6-4-11(5-7-12)16(2,3)15(20)21/h4-7,10,13,17H,8-9H2,1-3H3,(H,18,19)(H,20,21)/t10-,13-/m1/s1. The lowest BCUT2D eigenvalue weighted by Gasteiger charge is -2.20. The highest BCUT2D eigenvalue weighted by atomic mass is 16.4. The highest BCUT2D eigenvalue weighted by Crippen LogP contribution is 2.25. The van der Waals surface area contributed by atoms with Gasteiger partial charge >= 0.3 is 5.97 Å². The van der Waals surface area contributed by atoms with Crippen molar-refractivity contribution in [1.82, 2.24) is 5.32 Å². The summed E-state index contributed by atoms with van der Waals surface area (Å²) in [6.07, 6.45) is 0. The van der Waals surface area contributed by atoms with E-state index in [1.165, 1.54) is 0 Å². The Morgan fingerprint density at radius 1 is 1.24 bits per heavy atom. The molecule has 5 nitrogen and oxygen atoms in total. The van der Waals surface area contributed by atoms with E-state index >= 15 is 0 Å². The Hall–Kier alpha value is -1.88. The van der Waals surface area contributed by atoms with Crippen LogP contribution >= 0.6 is 0 Å². The van der Waals surface area contributed by atoms with E-state index in [9.17, 15) is 14.7 Å². The van der Waals surface area contributed by atoms with Gasteiger partial charge in [0.25, 0.3) is 0 Å². The lowest BCUT2D eigenvalue weighted by molar-refractivity contribution is -0.142. The summed E-state index contributed by atoms with van der Waals surface area (Å²) in [5.41, 5.74) is 0.472. The van der Waals surface area contributed by atoms with Gasteiger partial charge in [-0.3, -0.25) is 9.59 Å². The number of carbonyl (C=O) groups excluding carboxylic acids is 1. The summed E-state index contributed by atoms with van der Waals surface area (Å²) in [6, 6.07) is 7.01. The third-order valence-electron chi connectivity index (χ3n) is 4.26. The minimum atomic E-state index is -0.938. The van der Waals surface area contributed by atoms with Gasteiger partial charge in [0.05, 0.1) is 11.3 Å². The molecule has 0 radical (unpaired) electrons. The zero-order valence-electron chi connectivity index (χ0n) is 12.6. The molecule has 1 heterocycles.